The molecule has 3 rings (SSSR count). The number of hydrogen-bond acceptors (Lipinski definition) is 4. The average Bonchev–Trinajstić information content (AvgIpc) is 2.74. The van der Waals surface area contributed by atoms with Gasteiger partial charge in [-0.3, -0.25) is 29.4 Å². The van der Waals surface area contributed by atoms with Gasteiger partial charge in [-0.2, -0.15) is 0 Å². The van der Waals surface area contributed by atoms with E-state index in [2.05, 4.69) is 5.32 Å². The number of likely N-dealkylation sites (tertiary alicyclic amines) is 1. The van der Waals surface area contributed by atoms with Crippen LogP contribution in [0.25, 0.3) is 0 Å². The number of hydrogen-bond donors (Lipinski definition) is 1. The van der Waals surface area contributed by atoms with Gasteiger partial charge >= 0.3 is 0 Å². The van der Waals surface area contributed by atoms with Crippen molar-refractivity contribution in [1.29, 1.82) is 0 Å². The second-order valence-electron chi connectivity index (χ2n) is 6.57. The van der Waals surface area contributed by atoms with Crippen LogP contribution >= 0.6 is 0 Å². The summed E-state index contributed by atoms with van der Waals surface area (Å²) in [5, 5.41) is 2.37. The van der Waals surface area contributed by atoms with Gasteiger partial charge in [0.15, 0.2) is 0 Å². The van der Waals surface area contributed by atoms with E-state index in [0.717, 1.165) is 0 Å². The van der Waals surface area contributed by atoms with E-state index < -0.39 is 0 Å². The van der Waals surface area contributed by atoms with E-state index in [0.29, 0.717) is 25.7 Å². The summed E-state index contributed by atoms with van der Waals surface area (Å²) in [6.07, 6.45) is 2.05. The first-order chi connectivity index (χ1) is 9.91. The zero-order valence-corrected chi connectivity index (χ0v) is 12.3. The zero-order chi connectivity index (χ0) is 15.3. The van der Waals surface area contributed by atoms with Crippen LogP contribution in [0.3, 0.4) is 0 Å². The lowest BCUT2D eigenvalue weighted by molar-refractivity contribution is -0.142. The highest BCUT2D eigenvalue weighted by molar-refractivity contribution is 6.06. The van der Waals surface area contributed by atoms with E-state index in [1.807, 2.05) is 13.8 Å². The molecule has 114 valence electrons. The molecule has 0 bridgehead atoms. The third-order valence-corrected chi connectivity index (χ3v) is 5.09. The topological polar surface area (TPSA) is 83.6 Å². The number of nitrogens with one attached hydrogen (secondary N) is 1. The predicted molar refractivity (Wildman–Crippen MR) is 72.6 cm³/mol. The maximum atomic E-state index is 12.4. The van der Waals surface area contributed by atoms with Gasteiger partial charge in [0.1, 0.15) is 0 Å². The summed E-state index contributed by atoms with van der Waals surface area (Å²) < 4.78 is 0. The lowest BCUT2D eigenvalue weighted by Crippen LogP contribution is -2.37. The molecule has 1 aliphatic carbocycles. The summed E-state index contributed by atoms with van der Waals surface area (Å²) in [6.45, 7) is 3.67. The van der Waals surface area contributed by atoms with Crippen molar-refractivity contribution in [2.75, 3.05) is 0 Å². The minimum absolute atomic E-state index is 0.108. The molecule has 6 nitrogen and oxygen atoms in total. The van der Waals surface area contributed by atoms with Crippen molar-refractivity contribution in [3.05, 3.63) is 0 Å². The highest BCUT2D eigenvalue weighted by Crippen LogP contribution is 2.41. The molecule has 6 heteroatoms. The molecule has 1 saturated carbocycles. The van der Waals surface area contributed by atoms with E-state index >= 15 is 0 Å². The average molecular weight is 292 g/mol. The highest BCUT2D eigenvalue weighted by atomic mass is 16.2. The summed E-state index contributed by atoms with van der Waals surface area (Å²) in [7, 11) is 0. The Bertz CT molecular complexity index is 486. The third-order valence-electron chi connectivity index (χ3n) is 5.09. The monoisotopic (exact) mass is 292 g/mol. The fourth-order valence-electron chi connectivity index (χ4n) is 4.02. The first kappa shape index (κ1) is 14.2. The van der Waals surface area contributed by atoms with Gasteiger partial charge in [-0.15, -0.1) is 0 Å². The van der Waals surface area contributed by atoms with Crippen LogP contribution in [0.4, 0.5) is 0 Å². The normalized spacial score (nSPS) is 36.4. The second-order valence-corrected chi connectivity index (χ2v) is 6.57. The fraction of sp³-hybridized carbons (Fsp3) is 0.733. The van der Waals surface area contributed by atoms with Gasteiger partial charge in [-0.05, 0) is 39.5 Å². The van der Waals surface area contributed by atoms with Gasteiger partial charge in [0.25, 0.3) is 0 Å². The Morgan fingerprint density at radius 2 is 1.19 bits per heavy atom. The molecule has 3 fully saturated rings. The van der Waals surface area contributed by atoms with Crippen LogP contribution in [0, 0.1) is 23.7 Å². The first-order valence-electron chi connectivity index (χ1n) is 7.63. The van der Waals surface area contributed by atoms with Crippen molar-refractivity contribution < 1.29 is 19.2 Å². The van der Waals surface area contributed by atoms with E-state index in [1.54, 1.807) is 0 Å². The van der Waals surface area contributed by atoms with Crippen LogP contribution in [0.15, 0.2) is 0 Å². The van der Waals surface area contributed by atoms with E-state index in [4.69, 9.17) is 0 Å². The Kier molecular flexibility index (Phi) is 3.34. The van der Waals surface area contributed by atoms with Crippen molar-refractivity contribution in [3.8, 4) is 0 Å². The Morgan fingerprint density at radius 3 is 1.57 bits per heavy atom. The summed E-state index contributed by atoms with van der Waals surface area (Å²) >= 11 is 0. The number of fused-ring (bicyclic) bond motifs is 2. The molecule has 0 aromatic carbocycles. The molecule has 2 aliphatic heterocycles. The summed E-state index contributed by atoms with van der Waals surface area (Å²) in [5.74, 6) is -1.94. The van der Waals surface area contributed by atoms with Gasteiger partial charge in [0, 0.05) is 17.9 Å². The molecule has 0 spiro atoms. The molecular weight excluding hydrogens is 272 g/mol. The van der Waals surface area contributed by atoms with Gasteiger partial charge in [0.2, 0.25) is 23.6 Å². The number of rotatable bonds is 1. The maximum absolute atomic E-state index is 12.4. The molecule has 0 radical (unpaired) electrons. The molecule has 4 amide bonds. The number of imide groups is 2. The van der Waals surface area contributed by atoms with Crippen LogP contribution < -0.4 is 5.32 Å². The quantitative estimate of drug-likeness (QED) is 0.712. The molecule has 3 aliphatic rings. The van der Waals surface area contributed by atoms with Crippen molar-refractivity contribution in [1.82, 2.24) is 10.2 Å². The molecule has 21 heavy (non-hydrogen) atoms. The molecule has 4 atom stereocenters. The molecule has 0 aromatic rings. The maximum Gasteiger partial charge on any atom is 0.233 e. The van der Waals surface area contributed by atoms with Gasteiger partial charge in [0.05, 0.1) is 11.8 Å². The Balaban J connectivity index is 1.84. The van der Waals surface area contributed by atoms with E-state index in [-0.39, 0.29) is 53.3 Å². The minimum Gasteiger partial charge on any atom is -0.296 e. The number of carbonyl (C=O) groups is 4. The van der Waals surface area contributed by atoms with Gasteiger partial charge in [-0.25, -0.2) is 0 Å². The van der Waals surface area contributed by atoms with Crippen LogP contribution in [0.5, 0.6) is 0 Å². The molecule has 1 N–H and O–H groups in total. The zero-order valence-electron chi connectivity index (χ0n) is 12.3. The van der Waals surface area contributed by atoms with Crippen molar-refractivity contribution >= 4 is 23.6 Å². The SMILES string of the molecule is CC(C)N1C(=O)C2CCC3C(=O)NC(=O)C3CCC2C1=O. The van der Waals surface area contributed by atoms with E-state index in [9.17, 15) is 19.2 Å². The largest absolute Gasteiger partial charge is 0.296 e. The number of carbonyl (C=O) groups excluding carboxylic acids is 4. The number of amides is 4. The molecular formula is C15H20N2O4. The predicted octanol–water partition coefficient (Wildman–Crippen LogP) is 0.459. The Hall–Kier alpha value is -1.72. The van der Waals surface area contributed by atoms with Crippen LogP contribution in [0.2, 0.25) is 0 Å². The van der Waals surface area contributed by atoms with Crippen molar-refractivity contribution in [3.63, 3.8) is 0 Å². The fourth-order valence-corrected chi connectivity index (χ4v) is 4.02. The molecule has 0 aromatic heterocycles. The van der Waals surface area contributed by atoms with Crippen LogP contribution in [-0.4, -0.2) is 34.6 Å². The minimum atomic E-state index is -0.325. The van der Waals surface area contributed by atoms with Gasteiger partial charge in [-0.1, -0.05) is 0 Å². The highest BCUT2D eigenvalue weighted by Gasteiger charge is 2.51. The Labute approximate surface area is 123 Å². The van der Waals surface area contributed by atoms with Gasteiger partial charge < -0.3 is 0 Å². The standard InChI is InChI=1S/C15H20N2O4/c1-7(2)17-14(20)10-5-3-8-9(13(19)16-12(8)18)4-6-11(10)15(17)21/h7-11H,3-6H2,1-2H3,(H,16,18,19). The summed E-state index contributed by atoms with van der Waals surface area (Å²) in [4.78, 5) is 49.8. The van der Waals surface area contributed by atoms with Crippen LogP contribution in [-0.2, 0) is 19.2 Å². The Morgan fingerprint density at radius 1 is 0.810 bits per heavy atom. The van der Waals surface area contributed by atoms with Crippen LogP contribution in [0.1, 0.15) is 39.5 Å². The molecule has 4 unspecified atom stereocenters. The summed E-state index contributed by atoms with van der Waals surface area (Å²) in [6, 6.07) is -0.136. The molecule has 2 saturated heterocycles. The van der Waals surface area contributed by atoms with Crippen molar-refractivity contribution in [2.45, 2.75) is 45.6 Å². The second kappa shape index (κ2) is 4.93. The third kappa shape index (κ3) is 2.08. The van der Waals surface area contributed by atoms with E-state index in [1.165, 1.54) is 4.90 Å². The van der Waals surface area contributed by atoms with Crippen molar-refractivity contribution in [2.24, 2.45) is 23.7 Å². The number of nitrogens with zero attached hydrogens (tertiary/aromatic N) is 1. The lowest BCUT2D eigenvalue weighted by atomic mass is 9.76. The summed E-state index contributed by atoms with van der Waals surface area (Å²) in [5.41, 5.74) is 0. The first-order valence-corrected chi connectivity index (χ1v) is 7.63. The smallest absolute Gasteiger partial charge is 0.233 e. The molecule has 2 heterocycles. The lowest BCUT2D eigenvalue weighted by Gasteiger charge is -2.24.